The van der Waals surface area contributed by atoms with Gasteiger partial charge in [0.2, 0.25) is 11.8 Å². The first-order chi connectivity index (χ1) is 28.2. The van der Waals surface area contributed by atoms with Crippen molar-refractivity contribution in [2.45, 2.75) is 24.2 Å². The molecule has 1 aliphatic rings. The second-order valence-electron chi connectivity index (χ2n) is 13.6. The van der Waals surface area contributed by atoms with E-state index in [9.17, 15) is 14.6 Å². The van der Waals surface area contributed by atoms with E-state index in [0.717, 1.165) is 16.7 Å². The van der Waals surface area contributed by atoms with Crippen molar-refractivity contribution >= 4 is 41.1 Å². The molecule has 3 unspecified atom stereocenters. The molecule has 0 saturated carbocycles. The predicted octanol–water partition coefficient (Wildman–Crippen LogP) is 7.25. The van der Waals surface area contributed by atoms with Gasteiger partial charge in [0.15, 0.2) is 17.8 Å². The van der Waals surface area contributed by atoms with Crippen molar-refractivity contribution in [1.29, 1.82) is 5.26 Å². The van der Waals surface area contributed by atoms with Crippen LogP contribution in [0.2, 0.25) is 0 Å². The van der Waals surface area contributed by atoms with E-state index in [2.05, 4.69) is 57.7 Å². The third-order valence-electron chi connectivity index (χ3n) is 9.67. The van der Waals surface area contributed by atoms with Gasteiger partial charge in [-0.2, -0.15) is 15.2 Å². The molecule has 4 aromatic carbocycles. The zero-order valence-electron chi connectivity index (χ0n) is 31.9. The number of rotatable bonds is 16. The Hall–Kier alpha value is -5.65. The fraction of sp³-hybridized carbons (Fsp3) is 0.262. The average Bonchev–Trinajstić information content (AvgIpc) is 3.68. The third-order valence-corrected chi connectivity index (χ3v) is 12.3. The molecule has 58 heavy (non-hydrogen) atoms. The summed E-state index contributed by atoms with van der Waals surface area (Å²) in [5, 5.41) is 12.0. The maximum Gasteiger partial charge on any atom is 0.362 e. The van der Waals surface area contributed by atoms with Crippen molar-refractivity contribution in [3.63, 3.8) is 0 Å². The number of anilines is 1. The van der Waals surface area contributed by atoms with Gasteiger partial charge in [0.1, 0.15) is 18.5 Å². The van der Waals surface area contributed by atoms with Crippen LogP contribution in [0.1, 0.15) is 29.3 Å². The normalized spacial score (nSPS) is 17.0. The Labute approximate surface area is 341 Å². The minimum Gasteiger partial charge on any atom is -0.484 e. The van der Waals surface area contributed by atoms with Crippen LogP contribution in [0.3, 0.4) is 0 Å². The molecule has 1 aliphatic heterocycles. The molecular weight excluding hydrogens is 779 g/mol. The Kier molecular flexibility index (Phi) is 12.8. The van der Waals surface area contributed by atoms with E-state index in [1.807, 2.05) is 77.4 Å². The summed E-state index contributed by atoms with van der Waals surface area (Å²) in [6.07, 6.45) is 0.560. The molecule has 14 nitrogen and oxygen atoms in total. The van der Waals surface area contributed by atoms with E-state index in [0.29, 0.717) is 16.9 Å². The van der Waals surface area contributed by atoms with Crippen molar-refractivity contribution in [1.82, 2.24) is 29.1 Å². The summed E-state index contributed by atoms with van der Waals surface area (Å²) in [6, 6.07) is 41.6. The lowest BCUT2D eigenvalue weighted by Crippen LogP contribution is -2.58. The van der Waals surface area contributed by atoms with Crippen molar-refractivity contribution in [3.05, 3.63) is 144 Å². The number of nitrogens with one attached hydrogen (secondary N) is 1. The number of fused-ring (bicyclic) bond motifs is 1. The highest BCUT2D eigenvalue weighted by molar-refractivity contribution is 7.83. The Morgan fingerprint density at radius 2 is 1.52 bits per heavy atom. The molecular formula is C42H42ClN8O6P. The summed E-state index contributed by atoms with van der Waals surface area (Å²) in [7, 11) is 3.20. The number of ether oxygens (including phenoxy) is 3. The maximum atomic E-state index is 13.2. The smallest absolute Gasteiger partial charge is 0.362 e. The van der Waals surface area contributed by atoms with Crippen LogP contribution in [0.5, 0.6) is 11.6 Å². The first kappa shape index (κ1) is 40.5. The Morgan fingerprint density at radius 3 is 2.09 bits per heavy atom. The number of imidazole rings is 1. The fourth-order valence-electron chi connectivity index (χ4n) is 7.01. The number of para-hydroxylation sites is 1. The van der Waals surface area contributed by atoms with Gasteiger partial charge in [0.25, 0.3) is 5.91 Å². The van der Waals surface area contributed by atoms with Crippen molar-refractivity contribution < 1.29 is 28.1 Å². The fourth-order valence-corrected chi connectivity index (χ4v) is 7.76. The second-order valence-corrected chi connectivity index (χ2v) is 16.8. The van der Waals surface area contributed by atoms with Crippen molar-refractivity contribution in [2.75, 3.05) is 52.4 Å². The molecule has 16 heteroatoms. The number of carbonyl (C=O) groups is 1. The number of morpholine rings is 1. The van der Waals surface area contributed by atoms with Crippen LogP contribution in [-0.2, 0) is 24.2 Å². The predicted molar refractivity (Wildman–Crippen MR) is 219 cm³/mol. The number of halogens is 1. The molecule has 0 radical (unpaired) electrons. The Morgan fingerprint density at radius 1 is 0.931 bits per heavy atom. The van der Waals surface area contributed by atoms with Crippen LogP contribution in [-0.4, -0.2) is 88.2 Å². The third kappa shape index (κ3) is 8.75. The standard InChI is InChI=1S/C42H42ClN8O6P/c1-49(2)58(43,53)57-27-35-26-51(42(31-16-7-3-8-17-31,32-18-9-4-10-19-32)33-20-11-5-12-21-33)37(29-56-35)50-30-45-38-39(50)47-41(48-40(38)54-25-15-24-44)46-36(52)28-55-34-22-13-6-14-23-34/h3-14,16-23,30,35,37H,15,25-29H2,1-2H3,(H,46,47,48,52). The van der Waals surface area contributed by atoms with Gasteiger partial charge >= 0.3 is 6.87 Å². The summed E-state index contributed by atoms with van der Waals surface area (Å²) in [5.74, 6) is 0.0885. The van der Waals surface area contributed by atoms with Crippen molar-refractivity contribution in [3.8, 4) is 17.7 Å². The van der Waals surface area contributed by atoms with Crippen LogP contribution in [0.15, 0.2) is 128 Å². The van der Waals surface area contributed by atoms with E-state index in [-0.39, 0.29) is 51.2 Å². The molecule has 3 atom stereocenters. The number of nitriles is 1. The highest BCUT2D eigenvalue weighted by Gasteiger charge is 2.49. The van der Waals surface area contributed by atoms with Gasteiger partial charge in [0.05, 0.1) is 43.7 Å². The second kappa shape index (κ2) is 18.3. The van der Waals surface area contributed by atoms with Gasteiger partial charge in [-0.15, -0.1) is 0 Å². The maximum absolute atomic E-state index is 13.2. The van der Waals surface area contributed by atoms with E-state index in [1.54, 1.807) is 32.6 Å². The molecule has 0 aliphatic carbocycles. The minimum atomic E-state index is -3.62. The lowest BCUT2D eigenvalue weighted by Gasteiger charge is -2.52. The number of benzene rings is 4. The van der Waals surface area contributed by atoms with Crippen LogP contribution >= 0.6 is 18.1 Å². The summed E-state index contributed by atoms with van der Waals surface area (Å²) < 4.78 is 40.4. The highest BCUT2D eigenvalue weighted by Crippen LogP contribution is 2.54. The van der Waals surface area contributed by atoms with E-state index >= 15 is 0 Å². The first-order valence-corrected chi connectivity index (χ1v) is 21.1. The molecule has 0 bridgehead atoms. The molecule has 1 fully saturated rings. The number of nitrogens with zero attached hydrogens (tertiary/aromatic N) is 7. The number of aromatic nitrogens is 4. The summed E-state index contributed by atoms with van der Waals surface area (Å²) in [6.45, 7) is -3.56. The lowest BCUT2D eigenvalue weighted by molar-refractivity contribution is -0.124. The average molecular weight is 821 g/mol. The molecule has 7 rings (SSSR count). The van der Waals surface area contributed by atoms with Gasteiger partial charge in [-0.05, 0) is 54.2 Å². The molecule has 2 aromatic heterocycles. The van der Waals surface area contributed by atoms with Gasteiger partial charge in [-0.25, -0.2) is 9.65 Å². The molecule has 298 valence electrons. The zero-order chi connectivity index (χ0) is 40.5. The van der Waals surface area contributed by atoms with Crippen LogP contribution in [0.25, 0.3) is 11.2 Å². The summed E-state index contributed by atoms with van der Waals surface area (Å²) in [5.41, 5.74) is 2.63. The van der Waals surface area contributed by atoms with Gasteiger partial charge in [-0.3, -0.25) is 24.1 Å². The van der Waals surface area contributed by atoms with Crippen molar-refractivity contribution in [2.24, 2.45) is 0 Å². The summed E-state index contributed by atoms with van der Waals surface area (Å²) >= 11 is 6.34. The number of hydrogen-bond donors (Lipinski definition) is 1. The van der Waals surface area contributed by atoms with Gasteiger partial charge < -0.3 is 18.7 Å². The number of amides is 1. The Bertz CT molecular complexity index is 2290. The van der Waals surface area contributed by atoms with Crippen LogP contribution in [0, 0.1) is 11.3 Å². The van der Waals surface area contributed by atoms with Gasteiger partial charge in [0, 0.05) is 6.54 Å². The minimum absolute atomic E-state index is 0.0385. The largest absolute Gasteiger partial charge is 0.484 e. The molecule has 1 amide bonds. The monoisotopic (exact) mass is 820 g/mol. The summed E-state index contributed by atoms with van der Waals surface area (Å²) in [4.78, 5) is 29.6. The zero-order valence-corrected chi connectivity index (χ0v) is 33.6. The highest BCUT2D eigenvalue weighted by atomic mass is 35.7. The molecule has 0 spiro atoms. The molecule has 3 heterocycles. The molecule has 1 saturated heterocycles. The Balaban J connectivity index is 1.37. The topological polar surface area (TPSA) is 157 Å². The van der Waals surface area contributed by atoms with E-state index in [1.165, 1.54) is 4.67 Å². The quantitative estimate of drug-likeness (QED) is 0.0594. The first-order valence-electron chi connectivity index (χ1n) is 18.6. The number of carbonyl (C=O) groups excluding carboxylic acids is 1. The number of hydrogen-bond acceptors (Lipinski definition) is 11. The van der Waals surface area contributed by atoms with E-state index < -0.39 is 30.6 Å². The lowest BCUT2D eigenvalue weighted by atomic mass is 9.74. The molecule has 1 N–H and O–H groups in total. The van der Waals surface area contributed by atoms with Gasteiger partial charge in [-0.1, -0.05) is 109 Å². The SMILES string of the molecule is CN(C)P(=O)(Cl)OCC1CN(C(c2ccccc2)(c2ccccc2)c2ccccc2)C(n2cnc3c(OCCC#N)nc(NC(=O)COc4ccccc4)nc32)CO1. The van der Waals surface area contributed by atoms with E-state index in [4.69, 9.17) is 39.9 Å². The van der Waals surface area contributed by atoms with Crippen LogP contribution < -0.4 is 14.8 Å². The molecule has 6 aromatic rings. The van der Waals surface area contributed by atoms with Crippen LogP contribution in [0.4, 0.5) is 5.95 Å².